The molecular formula is C17H22N4O4. The van der Waals surface area contributed by atoms with Gasteiger partial charge in [0.15, 0.2) is 0 Å². The Hall–Kier alpha value is -2.90. The second kappa shape index (κ2) is 7.78. The van der Waals surface area contributed by atoms with Crippen LogP contribution in [0.15, 0.2) is 18.2 Å². The second-order valence-corrected chi connectivity index (χ2v) is 5.85. The van der Waals surface area contributed by atoms with Gasteiger partial charge in [0.1, 0.15) is 23.7 Å². The Balaban J connectivity index is 1.95. The van der Waals surface area contributed by atoms with Crippen molar-refractivity contribution in [3.63, 3.8) is 0 Å². The molecule has 8 heteroatoms. The van der Waals surface area contributed by atoms with Crippen molar-refractivity contribution in [3.05, 3.63) is 50.8 Å². The first kappa shape index (κ1) is 18.4. The smallest absolute Gasteiger partial charge is 0.312 e. The minimum atomic E-state index is -0.476. The number of methoxy groups -OCH3 is 1. The van der Waals surface area contributed by atoms with E-state index in [1.54, 1.807) is 21.0 Å². The van der Waals surface area contributed by atoms with Crippen LogP contribution >= 0.6 is 0 Å². The van der Waals surface area contributed by atoms with E-state index >= 15 is 0 Å². The van der Waals surface area contributed by atoms with Crippen molar-refractivity contribution < 1.29 is 14.5 Å². The Morgan fingerprint density at radius 3 is 2.68 bits per heavy atom. The monoisotopic (exact) mass is 346 g/mol. The number of carbonyl (C=O) groups is 1. The van der Waals surface area contributed by atoms with Crippen molar-refractivity contribution >= 4 is 11.6 Å². The molecule has 1 amide bonds. The lowest BCUT2D eigenvalue weighted by Gasteiger charge is -2.10. The van der Waals surface area contributed by atoms with Gasteiger partial charge in [-0.1, -0.05) is 17.7 Å². The van der Waals surface area contributed by atoms with Crippen molar-refractivity contribution in [2.24, 2.45) is 0 Å². The SMILES string of the molecule is COc1ccc(C)cc1CCNC(=O)Cn1nc(C)c([N+](=O)[O-])c1C. The van der Waals surface area contributed by atoms with Crippen LogP contribution in [0.2, 0.25) is 0 Å². The number of nitrogens with zero attached hydrogens (tertiary/aromatic N) is 3. The van der Waals surface area contributed by atoms with Gasteiger partial charge in [-0.3, -0.25) is 19.6 Å². The maximum absolute atomic E-state index is 12.1. The summed E-state index contributed by atoms with van der Waals surface area (Å²) in [5.74, 6) is 0.543. The van der Waals surface area contributed by atoms with Gasteiger partial charge >= 0.3 is 5.69 Å². The number of aromatic nitrogens is 2. The molecule has 2 rings (SSSR count). The maximum atomic E-state index is 12.1. The number of hydrogen-bond donors (Lipinski definition) is 1. The lowest BCUT2D eigenvalue weighted by molar-refractivity contribution is -0.386. The fourth-order valence-electron chi connectivity index (χ4n) is 2.74. The summed E-state index contributed by atoms with van der Waals surface area (Å²) < 4.78 is 6.67. The van der Waals surface area contributed by atoms with Gasteiger partial charge < -0.3 is 10.1 Å². The second-order valence-electron chi connectivity index (χ2n) is 5.85. The third-order valence-electron chi connectivity index (χ3n) is 3.97. The molecule has 2 aromatic rings. The molecular weight excluding hydrogens is 324 g/mol. The van der Waals surface area contributed by atoms with Crippen LogP contribution in [0.25, 0.3) is 0 Å². The van der Waals surface area contributed by atoms with E-state index in [4.69, 9.17) is 4.74 Å². The molecule has 8 nitrogen and oxygen atoms in total. The Labute approximate surface area is 145 Å². The van der Waals surface area contributed by atoms with E-state index in [2.05, 4.69) is 10.4 Å². The van der Waals surface area contributed by atoms with Crippen LogP contribution in [-0.2, 0) is 17.8 Å². The molecule has 0 aliphatic carbocycles. The van der Waals surface area contributed by atoms with Crippen LogP contribution in [-0.4, -0.2) is 34.3 Å². The number of aryl methyl sites for hydroxylation is 2. The number of amides is 1. The Bertz CT molecular complexity index is 798. The summed E-state index contributed by atoms with van der Waals surface area (Å²) in [5.41, 5.74) is 2.77. The first-order valence-electron chi connectivity index (χ1n) is 7.92. The molecule has 25 heavy (non-hydrogen) atoms. The van der Waals surface area contributed by atoms with Crippen LogP contribution in [0.3, 0.4) is 0 Å². The van der Waals surface area contributed by atoms with E-state index in [1.807, 2.05) is 25.1 Å². The van der Waals surface area contributed by atoms with Gasteiger partial charge in [0.05, 0.1) is 12.0 Å². The van der Waals surface area contributed by atoms with Crippen LogP contribution in [0, 0.1) is 30.9 Å². The van der Waals surface area contributed by atoms with Gasteiger partial charge in [-0.15, -0.1) is 0 Å². The van der Waals surface area contributed by atoms with Gasteiger partial charge in [0, 0.05) is 6.54 Å². The zero-order chi connectivity index (χ0) is 18.6. The van der Waals surface area contributed by atoms with Crippen LogP contribution in [0.1, 0.15) is 22.5 Å². The minimum Gasteiger partial charge on any atom is -0.496 e. The molecule has 0 radical (unpaired) electrons. The Morgan fingerprint density at radius 2 is 2.08 bits per heavy atom. The van der Waals surface area contributed by atoms with Gasteiger partial charge in [-0.05, 0) is 38.8 Å². The summed E-state index contributed by atoms with van der Waals surface area (Å²) in [6.45, 7) is 5.54. The third kappa shape index (κ3) is 4.34. The number of rotatable bonds is 7. The highest BCUT2D eigenvalue weighted by Crippen LogP contribution is 2.22. The molecule has 0 saturated carbocycles. The number of ether oxygens (including phenoxy) is 1. The molecule has 0 spiro atoms. The minimum absolute atomic E-state index is 0.0442. The summed E-state index contributed by atoms with van der Waals surface area (Å²) in [6, 6.07) is 5.90. The molecule has 0 bridgehead atoms. The normalized spacial score (nSPS) is 10.6. The summed E-state index contributed by atoms with van der Waals surface area (Å²) >= 11 is 0. The van der Waals surface area contributed by atoms with E-state index in [1.165, 1.54) is 4.68 Å². The fraction of sp³-hybridized carbons (Fsp3) is 0.412. The van der Waals surface area contributed by atoms with Crippen LogP contribution in [0.5, 0.6) is 5.75 Å². The summed E-state index contributed by atoms with van der Waals surface area (Å²) in [5, 5.41) is 17.9. The molecule has 0 aliphatic heterocycles. The number of nitrogens with one attached hydrogen (secondary N) is 1. The van der Waals surface area contributed by atoms with Gasteiger partial charge in [-0.2, -0.15) is 5.10 Å². The van der Waals surface area contributed by atoms with E-state index in [9.17, 15) is 14.9 Å². The number of carbonyl (C=O) groups excluding carboxylic acids is 1. The number of nitro groups is 1. The first-order valence-corrected chi connectivity index (χ1v) is 7.92. The van der Waals surface area contributed by atoms with Crippen molar-refractivity contribution in [1.82, 2.24) is 15.1 Å². The van der Waals surface area contributed by atoms with Crippen LogP contribution < -0.4 is 10.1 Å². The average Bonchev–Trinajstić information content (AvgIpc) is 2.81. The molecule has 1 aromatic carbocycles. The van der Waals surface area contributed by atoms with Gasteiger partial charge in [0.25, 0.3) is 0 Å². The third-order valence-corrected chi connectivity index (χ3v) is 3.97. The summed E-state index contributed by atoms with van der Waals surface area (Å²) in [4.78, 5) is 22.6. The molecule has 0 aliphatic rings. The van der Waals surface area contributed by atoms with Gasteiger partial charge in [0.2, 0.25) is 5.91 Å². The van der Waals surface area contributed by atoms with Gasteiger partial charge in [-0.25, -0.2) is 0 Å². The molecule has 1 N–H and O–H groups in total. The molecule has 0 atom stereocenters. The van der Waals surface area contributed by atoms with E-state index in [-0.39, 0.29) is 18.1 Å². The molecule has 0 unspecified atom stereocenters. The maximum Gasteiger partial charge on any atom is 0.312 e. The predicted octanol–water partition coefficient (Wildman–Crippen LogP) is 2.08. The molecule has 1 heterocycles. The largest absolute Gasteiger partial charge is 0.496 e. The Kier molecular flexibility index (Phi) is 5.74. The number of benzene rings is 1. The fourth-order valence-corrected chi connectivity index (χ4v) is 2.74. The quantitative estimate of drug-likeness (QED) is 0.611. The van der Waals surface area contributed by atoms with Crippen molar-refractivity contribution in [2.45, 2.75) is 33.7 Å². The van der Waals surface area contributed by atoms with Crippen molar-refractivity contribution in [3.8, 4) is 5.75 Å². The highest BCUT2D eigenvalue weighted by Gasteiger charge is 2.22. The summed E-state index contributed by atoms with van der Waals surface area (Å²) in [6.07, 6.45) is 0.633. The molecule has 134 valence electrons. The van der Waals surface area contributed by atoms with Crippen molar-refractivity contribution in [2.75, 3.05) is 13.7 Å². The Morgan fingerprint density at radius 1 is 1.36 bits per heavy atom. The predicted molar refractivity (Wildman–Crippen MR) is 92.8 cm³/mol. The first-order chi connectivity index (χ1) is 11.8. The average molecular weight is 346 g/mol. The van der Waals surface area contributed by atoms with Crippen LogP contribution in [0.4, 0.5) is 5.69 Å². The molecule has 0 saturated heterocycles. The summed E-state index contributed by atoms with van der Waals surface area (Å²) in [7, 11) is 1.61. The van der Waals surface area contributed by atoms with E-state index in [0.717, 1.165) is 16.9 Å². The highest BCUT2D eigenvalue weighted by atomic mass is 16.6. The molecule has 0 fully saturated rings. The topological polar surface area (TPSA) is 99.3 Å². The lowest BCUT2D eigenvalue weighted by Crippen LogP contribution is -2.30. The van der Waals surface area contributed by atoms with Crippen molar-refractivity contribution in [1.29, 1.82) is 0 Å². The standard InChI is InChI=1S/C17H22N4O4/c1-11-5-6-15(25-4)14(9-11)7-8-18-16(22)10-20-13(3)17(21(23)24)12(2)19-20/h5-6,9H,7-8,10H2,1-4H3,(H,18,22). The van der Waals surface area contributed by atoms with E-state index < -0.39 is 4.92 Å². The highest BCUT2D eigenvalue weighted by molar-refractivity contribution is 5.75. The molecule has 1 aromatic heterocycles. The number of hydrogen-bond acceptors (Lipinski definition) is 5. The zero-order valence-electron chi connectivity index (χ0n) is 14.8. The van der Waals surface area contributed by atoms with E-state index in [0.29, 0.717) is 24.4 Å². The zero-order valence-corrected chi connectivity index (χ0v) is 14.8. The lowest BCUT2D eigenvalue weighted by atomic mass is 10.1.